The number of anilines is 1. The van der Waals surface area contributed by atoms with Gasteiger partial charge in [-0.3, -0.25) is 9.59 Å². The molecule has 1 aromatic rings. The van der Waals surface area contributed by atoms with Gasteiger partial charge < -0.3 is 16.0 Å². The van der Waals surface area contributed by atoms with Gasteiger partial charge in [0, 0.05) is 18.8 Å². The molecule has 5 nitrogen and oxygen atoms in total. The SMILES string of the molecule is CC(C)C[C@H](N)C(=O)Nc1ccc(C(=O)N(C)C2CCCCC2)c(Cl)c1.Cl. The van der Waals surface area contributed by atoms with Crippen molar-refractivity contribution in [3.63, 3.8) is 0 Å². The summed E-state index contributed by atoms with van der Waals surface area (Å²) in [5, 5.41) is 3.11. The number of carbonyl (C=O) groups is 2. The Kier molecular flexibility index (Phi) is 9.57. The van der Waals surface area contributed by atoms with Crippen molar-refractivity contribution in [2.24, 2.45) is 11.7 Å². The lowest BCUT2D eigenvalue weighted by Crippen LogP contribution is -2.38. The Hall–Kier alpha value is -1.30. The summed E-state index contributed by atoms with van der Waals surface area (Å²) in [6.45, 7) is 4.04. The van der Waals surface area contributed by atoms with Crippen molar-refractivity contribution >= 4 is 41.5 Å². The molecule has 2 amide bonds. The summed E-state index contributed by atoms with van der Waals surface area (Å²) in [6, 6.07) is 4.71. The number of nitrogens with two attached hydrogens (primary N) is 1. The van der Waals surface area contributed by atoms with Crippen molar-refractivity contribution in [2.75, 3.05) is 12.4 Å². The van der Waals surface area contributed by atoms with Crippen LogP contribution in [0.4, 0.5) is 5.69 Å². The number of hydrogen-bond acceptors (Lipinski definition) is 3. The van der Waals surface area contributed by atoms with Crippen LogP contribution in [0.25, 0.3) is 0 Å². The first-order valence-corrected chi connectivity index (χ1v) is 9.80. The molecule has 27 heavy (non-hydrogen) atoms. The average Bonchev–Trinajstić information content (AvgIpc) is 2.60. The number of nitrogens with zero attached hydrogens (tertiary/aromatic N) is 1. The van der Waals surface area contributed by atoms with Crippen LogP contribution >= 0.6 is 24.0 Å². The Morgan fingerprint density at radius 3 is 2.44 bits per heavy atom. The molecule has 0 radical (unpaired) electrons. The number of hydrogen-bond donors (Lipinski definition) is 2. The first-order chi connectivity index (χ1) is 12.3. The third kappa shape index (κ3) is 6.66. The average molecular weight is 416 g/mol. The van der Waals surface area contributed by atoms with Gasteiger partial charge in [-0.2, -0.15) is 0 Å². The first kappa shape index (κ1) is 23.7. The molecule has 1 atom stereocenters. The van der Waals surface area contributed by atoms with Crippen LogP contribution in [0, 0.1) is 5.92 Å². The van der Waals surface area contributed by atoms with Crippen LogP contribution in [-0.4, -0.2) is 35.8 Å². The minimum atomic E-state index is -0.562. The van der Waals surface area contributed by atoms with E-state index in [0.29, 0.717) is 28.6 Å². The summed E-state index contributed by atoms with van der Waals surface area (Å²) < 4.78 is 0. The van der Waals surface area contributed by atoms with Gasteiger partial charge in [0.15, 0.2) is 0 Å². The molecule has 0 aromatic heterocycles. The molecule has 152 valence electrons. The highest BCUT2D eigenvalue weighted by molar-refractivity contribution is 6.34. The Bertz CT molecular complexity index is 646. The van der Waals surface area contributed by atoms with Gasteiger partial charge in [0.2, 0.25) is 5.91 Å². The molecule has 7 heteroatoms. The molecule has 1 aliphatic rings. The fourth-order valence-electron chi connectivity index (χ4n) is 3.44. The smallest absolute Gasteiger partial charge is 0.255 e. The van der Waals surface area contributed by atoms with E-state index in [4.69, 9.17) is 17.3 Å². The number of carbonyl (C=O) groups excluding carboxylic acids is 2. The first-order valence-electron chi connectivity index (χ1n) is 9.42. The zero-order valence-electron chi connectivity index (χ0n) is 16.3. The highest BCUT2D eigenvalue weighted by Crippen LogP contribution is 2.26. The maximum absolute atomic E-state index is 12.8. The van der Waals surface area contributed by atoms with Gasteiger partial charge in [-0.25, -0.2) is 0 Å². The van der Waals surface area contributed by atoms with E-state index in [2.05, 4.69) is 5.32 Å². The van der Waals surface area contributed by atoms with Crippen LogP contribution in [0.1, 0.15) is 62.7 Å². The molecule has 0 saturated heterocycles. The number of amides is 2. The van der Waals surface area contributed by atoms with Gasteiger partial charge in [-0.1, -0.05) is 44.7 Å². The maximum atomic E-state index is 12.8. The largest absolute Gasteiger partial charge is 0.339 e. The van der Waals surface area contributed by atoms with Crippen LogP contribution in [-0.2, 0) is 4.79 Å². The summed E-state index contributed by atoms with van der Waals surface area (Å²) >= 11 is 6.32. The molecule has 1 aliphatic carbocycles. The van der Waals surface area contributed by atoms with Crippen molar-refractivity contribution in [1.82, 2.24) is 4.90 Å². The second kappa shape index (κ2) is 10.9. The third-order valence-corrected chi connectivity index (χ3v) is 5.28. The Morgan fingerprint density at radius 2 is 1.89 bits per heavy atom. The van der Waals surface area contributed by atoms with Gasteiger partial charge in [0.1, 0.15) is 0 Å². The Labute approximate surface area is 173 Å². The molecule has 1 aromatic carbocycles. The van der Waals surface area contributed by atoms with E-state index in [1.807, 2.05) is 20.9 Å². The molecule has 1 fully saturated rings. The van der Waals surface area contributed by atoms with Crippen molar-refractivity contribution in [2.45, 2.75) is 64.5 Å². The van der Waals surface area contributed by atoms with E-state index < -0.39 is 6.04 Å². The fourth-order valence-corrected chi connectivity index (χ4v) is 3.70. The summed E-state index contributed by atoms with van der Waals surface area (Å²) in [4.78, 5) is 26.7. The van der Waals surface area contributed by atoms with Crippen LogP contribution in [0.15, 0.2) is 18.2 Å². The maximum Gasteiger partial charge on any atom is 0.255 e. The molecule has 0 aliphatic heterocycles. The molecule has 2 rings (SSSR count). The highest BCUT2D eigenvalue weighted by Gasteiger charge is 2.24. The predicted octanol–water partition coefficient (Wildman–Crippen LogP) is 4.48. The summed E-state index contributed by atoms with van der Waals surface area (Å²) in [6.07, 6.45) is 6.27. The molecular formula is C20H31Cl2N3O2. The van der Waals surface area contributed by atoms with Crippen molar-refractivity contribution in [3.05, 3.63) is 28.8 Å². The number of benzene rings is 1. The van der Waals surface area contributed by atoms with Gasteiger partial charge in [0.05, 0.1) is 16.6 Å². The van der Waals surface area contributed by atoms with E-state index in [-0.39, 0.29) is 30.3 Å². The second-order valence-corrected chi connectivity index (χ2v) is 8.04. The van der Waals surface area contributed by atoms with Crippen LogP contribution in [0.5, 0.6) is 0 Å². The van der Waals surface area contributed by atoms with Crippen LogP contribution < -0.4 is 11.1 Å². The standard InChI is InChI=1S/C20H30ClN3O2.ClH/c1-13(2)11-18(22)19(25)23-14-9-10-16(17(21)12-14)20(26)24(3)15-7-5-4-6-8-15;/h9-10,12-13,15,18H,4-8,11,22H2,1-3H3,(H,23,25);1H/t18-;/m0./s1. The summed E-state index contributed by atoms with van der Waals surface area (Å²) in [7, 11) is 1.84. The summed E-state index contributed by atoms with van der Waals surface area (Å²) in [5.74, 6) is 0.0270. The lowest BCUT2D eigenvalue weighted by molar-refractivity contribution is -0.117. The summed E-state index contributed by atoms with van der Waals surface area (Å²) in [5.41, 5.74) is 6.91. The van der Waals surface area contributed by atoms with Crippen molar-refractivity contribution in [1.29, 1.82) is 0 Å². The van der Waals surface area contributed by atoms with Crippen LogP contribution in [0.2, 0.25) is 5.02 Å². The topological polar surface area (TPSA) is 75.4 Å². The number of nitrogens with one attached hydrogen (secondary N) is 1. The molecule has 0 unspecified atom stereocenters. The van der Waals surface area contributed by atoms with Crippen molar-refractivity contribution in [3.8, 4) is 0 Å². The second-order valence-electron chi connectivity index (χ2n) is 7.63. The van der Waals surface area contributed by atoms with Crippen molar-refractivity contribution < 1.29 is 9.59 Å². The minimum Gasteiger partial charge on any atom is -0.339 e. The Balaban J connectivity index is 0.00000364. The third-order valence-electron chi connectivity index (χ3n) is 4.97. The van der Waals surface area contributed by atoms with E-state index in [1.54, 1.807) is 23.1 Å². The van der Waals surface area contributed by atoms with Gasteiger partial charge in [0.25, 0.3) is 5.91 Å². The molecular weight excluding hydrogens is 385 g/mol. The monoisotopic (exact) mass is 415 g/mol. The molecule has 3 N–H and O–H groups in total. The molecule has 0 bridgehead atoms. The molecule has 0 spiro atoms. The van der Waals surface area contributed by atoms with E-state index in [1.165, 1.54) is 6.42 Å². The fraction of sp³-hybridized carbons (Fsp3) is 0.600. The Morgan fingerprint density at radius 1 is 1.26 bits per heavy atom. The van der Waals surface area contributed by atoms with Gasteiger partial charge in [-0.15, -0.1) is 12.4 Å². The lowest BCUT2D eigenvalue weighted by Gasteiger charge is -2.31. The molecule has 0 heterocycles. The van der Waals surface area contributed by atoms with Gasteiger partial charge in [-0.05, 0) is 43.4 Å². The predicted molar refractivity (Wildman–Crippen MR) is 114 cm³/mol. The van der Waals surface area contributed by atoms with E-state index >= 15 is 0 Å². The number of rotatable bonds is 6. The number of halogens is 2. The zero-order chi connectivity index (χ0) is 19.3. The zero-order valence-corrected chi connectivity index (χ0v) is 17.9. The van der Waals surface area contributed by atoms with Crippen LogP contribution in [0.3, 0.4) is 0 Å². The van der Waals surface area contributed by atoms with E-state index in [9.17, 15) is 9.59 Å². The van der Waals surface area contributed by atoms with E-state index in [0.717, 1.165) is 25.7 Å². The molecule has 1 saturated carbocycles. The lowest BCUT2D eigenvalue weighted by atomic mass is 9.94. The highest BCUT2D eigenvalue weighted by atomic mass is 35.5. The minimum absolute atomic E-state index is 0. The quantitative estimate of drug-likeness (QED) is 0.718. The van der Waals surface area contributed by atoms with Gasteiger partial charge >= 0.3 is 0 Å². The normalized spacial score (nSPS) is 15.8.